The SMILES string of the molecule is Cc1cc(C)c(C)c(OC[C@H](O)CN(C)S(=O)(=O)O)c1. The van der Waals surface area contributed by atoms with E-state index in [2.05, 4.69) is 0 Å². The minimum absolute atomic E-state index is 0.0520. The van der Waals surface area contributed by atoms with E-state index in [4.69, 9.17) is 9.29 Å². The number of hydrogen-bond acceptors (Lipinski definition) is 4. The number of nitrogens with zero attached hydrogens (tertiary/aromatic N) is 1. The molecule has 0 bridgehead atoms. The number of hydrogen-bond donors (Lipinski definition) is 2. The van der Waals surface area contributed by atoms with Crippen LogP contribution < -0.4 is 4.74 Å². The van der Waals surface area contributed by atoms with Crippen LogP contribution in [0.5, 0.6) is 5.75 Å². The number of ether oxygens (including phenoxy) is 1. The Morgan fingerprint density at radius 3 is 2.45 bits per heavy atom. The third-order valence-electron chi connectivity index (χ3n) is 3.06. The fourth-order valence-corrected chi connectivity index (χ4v) is 2.14. The number of aryl methyl sites for hydroxylation is 2. The monoisotopic (exact) mass is 303 g/mol. The molecule has 0 aliphatic rings. The molecule has 6 nitrogen and oxygen atoms in total. The first-order valence-corrected chi connectivity index (χ1v) is 7.58. The van der Waals surface area contributed by atoms with E-state index in [0.29, 0.717) is 10.1 Å². The molecule has 7 heteroatoms. The number of rotatable bonds is 6. The minimum atomic E-state index is -4.28. The van der Waals surface area contributed by atoms with Crippen LogP contribution >= 0.6 is 0 Å². The van der Waals surface area contributed by atoms with Crippen molar-refractivity contribution in [3.05, 3.63) is 28.8 Å². The summed E-state index contributed by atoms with van der Waals surface area (Å²) >= 11 is 0. The van der Waals surface area contributed by atoms with Crippen molar-refractivity contribution in [2.45, 2.75) is 26.9 Å². The van der Waals surface area contributed by atoms with Crippen molar-refractivity contribution in [3.63, 3.8) is 0 Å². The largest absolute Gasteiger partial charge is 0.491 e. The maximum Gasteiger partial charge on any atom is 0.335 e. The van der Waals surface area contributed by atoms with Gasteiger partial charge in [-0.15, -0.1) is 0 Å². The molecule has 0 heterocycles. The number of aliphatic hydroxyl groups is 1. The Bertz CT molecular complexity index is 570. The molecule has 1 aromatic rings. The van der Waals surface area contributed by atoms with Gasteiger partial charge in [0.25, 0.3) is 0 Å². The second-order valence-electron chi connectivity index (χ2n) is 4.93. The summed E-state index contributed by atoms with van der Waals surface area (Å²) in [6.07, 6.45) is -1.03. The van der Waals surface area contributed by atoms with Crippen molar-refractivity contribution in [1.29, 1.82) is 0 Å². The zero-order valence-corrected chi connectivity index (χ0v) is 12.9. The molecule has 0 saturated heterocycles. The quantitative estimate of drug-likeness (QED) is 0.768. The Morgan fingerprint density at radius 2 is 1.90 bits per heavy atom. The van der Waals surface area contributed by atoms with Gasteiger partial charge >= 0.3 is 10.3 Å². The van der Waals surface area contributed by atoms with Gasteiger partial charge < -0.3 is 9.84 Å². The van der Waals surface area contributed by atoms with E-state index in [1.165, 1.54) is 7.05 Å². The Kier molecular flexibility index (Phi) is 5.52. The highest BCUT2D eigenvalue weighted by molar-refractivity contribution is 7.83. The fourth-order valence-electron chi connectivity index (χ4n) is 1.78. The summed E-state index contributed by atoms with van der Waals surface area (Å²) in [5.74, 6) is 0.663. The van der Waals surface area contributed by atoms with Crippen LogP contribution in [-0.4, -0.2) is 48.7 Å². The number of likely N-dealkylation sites (N-methyl/N-ethyl adjacent to an activating group) is 1. The summed E-state index contributed by atoms with van der Waals surface area (Å²) < 4.78 is 36.6. The molecule has 0 unspecified atom stereocenters. The summed E-state index contributed by atoms with van der Waals surface area (Å²) in [6, 6.07) is 3.90. The summed E-state index contributed by atoms with van der Waals surface area (Å²) in [4.78, 5) is 0. The highest BCUT2D eigenvalue weighted by atomic mass is 32.2. The molecule has 0 fully saturated rings. The van der Waals surface area contributed by atoms with Crippen molar-refractivity contribution in [1.82, 2.24) is 4.31 Å². The molecule has 20 heavy (non-hydrogen) atoms. The standard InChI is InChI=1S/C13H21NO5S/c1-9-5-10(2)11(3)13(6-9)19-8-12(15)7-14(4)20(16,17)18/h5-6,12,15H,7-8H2,1-4H3,(H,16,17,18)/t12-/m1/s1. The molecule has 0 saturated carbocycles. The maximum atomic E-state index is 10.8. The van der Waals surface area contributed by atoms with Crippen LogP contribution in [0.3, 0.4) is 0 Å². The van der Waals surface area contributed by atoms with Crippen LogP contribution in [0.2, 0.25) is 0 Å². The molecule has 1 atom stereocenters. The lowest BCUT2D eigenvalue weighted by Crippen LogP contribution is -2.36. The molecule has 0 aromatic heterocycles. The van der Waals surface area contributed by atoms with Crippen LogP contribution in [0.1, 0.15) is 16.7 Å². The van der Waals surface area contributed by atoms with Gasteiger partial charge in [0.2, 0.25) is 0 Å². The van der Waals surface area contributed by atoms with Crippen molar-refractivity contribution < 1.29 is 22.8 Å². The van der Waals surface area contributed by atoms with Crippen molar-refractivity contribution >= 4 is 10.3 Å². The lowest BCUT2D eigenvalue weighted by atomic mass is 10.1. The number of benzene rings is 1. The van der Waals surface area contributed by atoms with Gasteiger partial charge in [-0.2, -0.15) is 12.7 Å². The third kappa shape index (κ3) is 4.75. The van der Waals surface area contributed by atoms with E-state index < -0.39 is 16.4 Å². The molecular formula is C13H21NO5S. The van der Waals surface area contributed by atoms with Crippen LogP contribution in [0, 0.1) is 20.8 Å². The predicted octanol–water partition coefficient (Wildman–Crippen LogP) is 1.09. The average molecular weight is 303 g/mol. The molecule has 1 aromatic carbocycles. The van der Waals surface area contributed by atoms with Crippen molar-refractivity contribution in [3.8, 4) is 5.75 Å². The van der Waals surface area contributed by atoms with Crippen molar-refractivity contribution in [2.24, 2.45) is 0 Å². The molecule has 1 rings (SSSR count). The molecule has 2 N–H and O–H groups in total. The fraction of sp³-hybridized carbons (Fsp3) is 0.538. The first kappa shape index (κ1) is 16.9. The van der Waals surface area contributed by atoms with Gasteiger partial charge in [0.05, 0.1) is 0 Å². The average Bonchev–Trinajstić information content (AvgIpc) is 2.30. The molecule has 0 spiro atoms. The van der Waals surface area contributed by atoms with Gasteiger partial charge in [0.15, 0.2) is 0 Å². The highest BCUT2D eigenvalue weighted by Gasteiger charge is 2.18. The zero-order valence-electron chi connectivity index (χ0n) is 12.1. The van der Waals surface area contributed by atoms with E-state index in [1.54, 1.807) is 0 Å². The van der Waals surface area contributed by atoms with E-state index >= 15 is 0 Å². The van der Waals surface area contributed by atoms with Crippen LogP contribution in [-0.2, 0) is 10.3 Å². The first-order valence-electron chi connectivity index (χ1n) is 6.18. The van der Waals surface area contributed by atoms with Gasteiger partial charge in [-0.05, 0) is 43.5 Å². The predicted molar refractivity (Wildman–Crippen MR) is 76.3 cm³/mol. The smallest absolute Gasteiger partial charge is 0.335 e. The first-order chi connectivity index (χ1) is 9.11. The highest BCUT2D eigenvalue weighted by Crippen LogP contribution is 2.23. The molecule has 114 valence electrons. The van der Waals surface area contributed by atoms with Gasteiger partial charge in [-0.25, -0.2) is 0 Å². The van der Waals surface area contributed by atoms with E-state index in [0.717, 1.165) is 16.7 Å². The molecular weight excluding hydrogens is 282 g/mol. The lowest BCUT2D eigenvalue weighted by Gasteiger charge is -2.19. The normalized spacial score (nSPS) is 13.6. The molecule has 0 radical (unpaired) electrons. The van der Waals surface area contributed by atoms with Crippen LogP contribution in [0.4, 0.5) is 0 Å². The topological polar surface area (TPSA) is 87.1 Å². The number of aliphatic hydroxyl groups excluding tert-OH is 1. The van der Waals surface area contributed by atoms with Crippen LogP contribution in [0.25, 0.3) is 0 Å². The Hall–Kier alpha value is -1.15. The summed E-state index contributed by atoms with van der Waals surface area (Å²) in [5.41, 5.74) is 3.11. The minimum Gasteiger partial charge on any atom is -0.491 e. The summed E-state index contributed by atoms with van der Waals surface area (Å²) in [6.45, 7) is 5.55. The summed E-state index contributed by atoms with van der Waals surface area (Å²) in [5, 5.41) is 9.73. The van der Waals surface area contributed by atoms with E-state index in [9.17, 15) is 13.5 Å². The molecule has 0 aliphatic carbocycles. The Morgan fingerprint density at radius 1 is 1.30 bits per heavy atom. The van der Waals surface area contributed by atoms with Gasteiger partial charge in [0, 0.05) is 13.6 Å². The Balaban J connectivity index is 2.64. The summed E-state index contributed by atoms with van der Waals surface area (Å²) in [7, 11) is -3.10. The zero-order chi connectivity index (χ0) is 15.5. The lowest BCUT2D eigenvalue weighted by molar-refractivity contribution is 0.0914. The Labute approximate surface area is 119 Å². The van der Waals surface area contributed by atoms with E-state index in [1.807, 2.05) is 32.9 Å². The third-order valence-corrected chi connectivity index (χ3v) is 3.99. The molecule has 0 aliphatic heterocycles. The van der Waals surface area contributed by atoms with E-state index in [-0.39, 0.29) is 13.2 Å². The van der Waals surface area contributed by atoms with Gasteiger partial charge in [-0.1, -0.05) is 6.07 Å². The van der Waals surface area contributed by atoms with Gasteiger partial charge in [-0.3, -0.25) is 4.55 Å². The second kappa shape index (κ2) is 6.53. The van der Waals surface area contributed by atoms with Crippen LogP contribution in [0.15, 0.2) is 12.1 Å². The van der Waals surface area contributed by atoms with Crippen molar-refractivity contribution in [2.75, 3.05) is 20.2 Å². The second-order valence-corrected chi connectivity index (χ2v) is 6.45. The maximum absolute atomic E-state index is 10.8. The molecule has 0 amide bonds. The van der Waals surface area contributed by atoms with Gasteiger partial charge in [0.1, 0.15) is 18.5 Å².